The third-order valence-electron chi connectivity index (χ3n) is 3.00. The molecule has 0 radical (unpaired) electrons. The number of carbonyl (C=O) groups is 1. The third kappa shape index (κ3) is 4.39. The minimum atomic E-state index is -0.127. The van der Waals surface area contributed by atoms with Gasteiger partial charge in [0.05, 0.1) is 5.69 Å². The van der Waals surface area contributed by atoms with E-state index in [1.165, 1.54) is 0 Å². The molecule has 0 heterocycles. The standard InChI is InChI=1S/C16H17ClN2O2/c1-19(10-12-5-4-6-13(17)9-12)16(20)11-21-15-8-3-2-7-14(15)18/h2-9H,10-11,18H2,1H3. The molecule has 0 aliphatic carbocycles. The van der Waals surface area contributed by atoms with E-state index in [1.807, 2.05) is 30.3 Å². The largest absolute Gasteiger partial charge is 0.482 e. The van der Waals surface area contributed by atoms with Crippen LogP contribution >= 0.6 is 11.6 Å². The lowest BCUT2D eigenvalue weighted by Crippen LogP contribution is -2.31. The summed E-state index contributed by atoms with van der Waals surface area (Å²) in [4.78, 5) is 13.6. The smallest absolute Gasteiger partial charge is 0.260 e. The molecular formula is C16H17ClN2O2. The second-order valence-electron chi connectivity index (χ2n) is 4.71. The van der Waals surface area contributed by atoms with Gasteiger partial charge in [0.1, 0.15) is 5.75 Å². The van der Waals surface area contributed by atoms with Crippen molar-refractivity contribution in [3.8, 4) is 5.75 Å². The Kier molecular flexibility index (Phi) is 5.06. The Labute approximate surface area is 129 Å². The Hall–Kier alpha value is -2.20. The van der Waals surface area contributed by atoms with Gasteiger partial charge in [0, 0.05) is 18.6 Å². The first-order valence-corrected chi connectivity index (χ1v) is 6.90. The molecule has 2 rings (SSSR count). The van der Waals surface area contributed by atoms with Crippen molar-refractivity contribution in [1.82, 2.24) is 4.90 Å². The van der Waals surface area contributed by atoms with Gasteiger partial charge in [-0.25, -0.2) is 0 Å². The van der Waals surface area contributed by atoms with Crippen LogP contribution in [0.4, 0.5) is 5.69 Å². The van der Waals surface area contributed by atoms with Crippen LogP contribution in [-0.2, 0) is 11.3 Å². The van der Waals surface area contributed by atoms with Gasteiger partial charge in [0.25, 0.3) is 5.91 Å². The first-order chi connectivity index (χ1) is 10.1. The maximum atomic E-state index is 12.0. The second-order valence-corrected chi connectivity index (χ2v) is 5.14. The van der Waals surface area contributed by atoms with Crippen molar-refractivity contribution in [1.29, 1.82) is 0 Å². The molecule has 0 bridgehead atoms. The normalized spacial score (nSPS) is 10.2. The highest BCUT2D eigenvalue weighted by atomic mass is 35.5. The fourth-order valence-corrected chi connectivity index (χ4v) is 2.07. The summed E-state index contributed by atoms with van der Waals surface area (Å²) in [6, 6.07) is 14.5. The van der Waals surface area contributed by atoms with Gasteiger partial charge in [0.2, 0.25) is 0 Å². The number of nitrogen functional groups attached to an aromatic ring is 1. The van der Waals surface area contributed by atoms with E-state index in [4.69, 9.17) is 22.1 Å². The van der Waals surface area contributed by atoms with Gasteiger partial charge in [-0.2, -0.15) is 0 Å². The summed E-state index contributed by atoms with van der Waals surface area (Å²) in [7, 11) is 1.72. The van der Waals surface area contributed by atoms with E-state index in [-0.39, 0.29) is 12.5 Å². The summed E-state index contributed by atoms with van der Waals surface area (Å²) < 4.78 is 5.44. The summed E-state index contributed by atoms with van der Waals surface area (Å²) in [5.41, 5.74) is 7.24. The highest BCUT2D eigenvalue weighted by molar-refractivity contribution is 6.30. The van der Waals surface area contributed by atoms with Crippen molar-refractivity contribution < 1.29 is 9.53 Å². The van der Waals surface area contributed by atoms with Crippen LogP contribution in [0, 0.1) is 0 Å². The van der Waals surface area contributed by atoms with Crippen LogP contribution < -0.4 is 10.5 Å². The molecular weight excluding hydrogens is 288 g/mol. The van der Waals surface area contributed by atoms with E-state index >= 15 is 0 Å². The maximum absolute atomic E-state index is 12.0. The third-order valence-corrected chi connectivity index (χ3v) is 3.24. The number of hydrogen-bond acceptors (Lipinski definition) is 3. The molecule has 2 N–H and O–H groups in total. The molecule has 4 nitrogen and oxygen atoms in total. The first-order valence-electron chi connectivity index (χ1n) is 6.52. The molecule has 0 saturated carbocycles. The molecule has 0 atom stereocenters. The number of likely N-dealkylation sites (N-methyl/N-ethyl adjacent to an activating group) is 1. The van der Waals surface area contributed by atoms with E-state index in [9.17, 15) is 4.79 Å². The Morgan fingerprint density at radius 3 is 2.71 bits per heavy atom. The van der Waals surface area contributed by atoms with Gasteiger partial charge >= 0.3 is 0 Å². The topological polar surface area (TPSA) is 55.6 Å². The lowest BCUT2D eigenvalue weighted by molar-refractivity contribution is -0.132. The molecule has 1 amide bonds. The van der Waals surface area contributed by atoms with Crippen LogP contribution in [0.5, 0.6) is 5.75 Å². The van der Waals surface area contributed by atoms with Crippen molar-refractivity contribution in [3.05, 3.63) is 59.1 Å². The Morgan fingerprint density at radius 1 is 1.24 bits per heavy atom. The van der Waals surface area contributed by atoms with Gasteiger partial charge in [-0.15, -0.1) is 0 Å². The first kappa shape index (κ1) is 15.2. The molecule has 0 aromatic heterocycles. The van der Waals surface area contributed by atoms with Crippen LogP contribution in [0.3, 0.4) is 0 Å². The van der Waals surface area contributed by atoms with Gasteiger partial charge < -0.3 is 15.4 Å². The number of nitrogens with two attached hydrogens (primary N) is 1. The number of halogens is 1. The zero-order chi connectivity index (χ0) is 15.2. The lowest BCUT2D eigenvalue weighted by Gasteiger charge is -2.18. The molecule has 0 fully saturated rings. The quantitative estimate of drug-likeness (QED) is 0.864. The number of ether oxygens (including phenoxy) is 1. The monoisotopic (exact) mass is 304 g/mol. The predicted octanol–water partition coefficient (Wildman–Crippen LogP) is 2.96. The Bertz CT molecular complexity index is 631. The Balaban J connectivity index is 1.90. The fourth-order valence-electron chi connectivity index (χ4n) is 1.86. The molecule has 0 saturated heterocycles. The molecule has 110 valence electrons. The highest BCUT2D eigenvalue weighted by Crippen LogP contribution is 2.19. The number of carbonyl (C=O) groups excluding carboxylic acids is 1. The van der Waals surface area contributed by atoms with Crippen molar-refractivity contribution in [3.63, 3.8) is 0 Å². The summed E-state index contributed by atoms with van der Waals surface area (Å²) >= 11 is 5.92. The van der Waals surface area contributed by atoms with Crippen molar-refractivity contribution in [2.75, 3.05) is 19.4 Å². The van der Waals surface area contributed by atoms with Gasteiger partial charge in [0.15, 0.2) is 6.61 Å². The number of para-hydroxylation sites is 2. The number of rotatable bonds is 5. The summed E-state index contributed by atoms with van der Waals surface area (Å²) in [5.74, 6) is 0.389. The Morgan fingerprint density at radius 2 is 2.00 bits per heavy atom. The van der Waals surface area contributed by atoms with Gasteiger partial charge in [-0.05, 0) is 29.8 Å². The molecule has 0 aliphatic rings. The number of amides is 1. The van der Waals surface area contributed by atoms with Crippen LogP contribution in [-0.4, -0.2) is 24.5 Å². The number of benzene rings is 2. The van der Waals surface area contributed by atoms with Gasteiger partial charge in [-0.1, -0.05) is 35.9 Å². The minimum absolute atomic E-state index is 0.0503. The fraction of sp³-hybridized carbons (Fsp3) is 0.188. The SMILES string of the molecule is CN(Cc1cccc(Cl)c1)C(=O)COc1ccccc1N. The van der Waals surface area contributed by atoms with Crippen LogP contribution in [0.2, 0.25) is 5.02 Å². The average Bonchev–Trinajstić information content (AvgIpc) is 2.46. The highest BCUT2D eigenvalue weighted by Gasteiger charge is 2.11. The van der Waals surface area contributed by atoms with Gasteiger partial charge in [-0.3, -0.25) is 4.79 Å². The molecule has 5 heteroatoms. The van der Waals surface area contributed by atoms with E-state index in [0.717, 1.165) is 5.56 Å². The zero-order valence-corrected chi connectivity index (χ0v) is 12.5. The van der Waals surface area contributed by atoms with Crippen molar-refractivity contribution in [2.45, 2.75) is 6.54 Å². The van der Waals surface area contributed by atoms with E-state index in [1.54, 1.807) is 30.1 Å². The van der Waals surface area contributed by atoms with Crippen LogP contribution in [0.1, 0.15) is 5.56 Å². The summed E-state index contributed by atoms with van der Waals surface area (Å²) in [6.07, 6.45) is 0. The molecule has 2 aromatic rings. The van der Waals surface area contributed by atoms with Crippen LogP contribution in [0.15, 0.2) is 48.5 Å². The van der Waals surface area contributed by atoms with Crippen molar-refractivity contribution >= 4 is 23.2 Å². The zero-order valence-electron chi connectivity index (χ0n) is 11.8. The lowest BCUT2D eigenvalue weighted by atomic mass is 10.2. The molecule has 21 heavy (non-hydrogen) atoms. The summed E-state index contributed by atoms with van der Waals surface area (Å²) in [6.45, 7) is 0.429. The van der Waals surface area contributed by atoms with E-state index in [2.05, 4.69) is 0 Å². The van der Waals surface area contributed by atoms with E-state index in [0.29, 0.717) is 23.0 Å². The predicted molar refractivity (Wildman–Crippen MR) is 84.3 cm³/mol. The average molecular weight is 305 g/mol. The number of nitrogens with zero attached hydrogens (tertiary/aromatic N) is 1. The molecule has 0 aliphatic heterocycles. The summed E-state index contributed by atoms with van der Waals surface area (Å²) in [5, 5.41) is 0.654. The van der Waals surface area contributed by atoms with Crippen LogP contribution in [0.25, 0.3) is 0 Å². The van der Waals surface area contributed by atoms with E-state index < -0.39 is 0 Å². The molecule has 0 spiro atoms. The minimum Gasteiger partial charge on any atom is -0.482 e. The maximum Gasteiger partial charge on any atom is 0.260 e. The number of hydrogen-bond donors (Lipinski definition) is 1. The molecule has 0 unspecified atom stereocenters. The van der Waals surface area contributed by atoms with Crippen molar-refractivity contribution in [2.24, 2.45) is 0 Å². The second kappa shape index (κ2) is 6.99. The molecule has 2 aromatic carbocycles. The number of anilines is 1.